The Labute approximate surface area is 180 Å². The van der Waals surface area contributed by atoms with E-state index in [0.29, 0.717) is 23.6 Å². The minimum atomic E-state index is -3.18. The maximum Gasteiger partial charge on any atom is 0.274 e. The first-order valence-electron chi connectivity index (χ1n) is 10.1. The molecule has 1 atom stereocenters. The van der Waals surface area contributed by atoms with Crippen molar-refractivity contribution >= 4 is 33.1 Å². The lowest BCUT2D eigenvalue weighted by molar-refractivity contribution is -0.133. The summed E-state index contributed by atoms with van der Waals surface area (Å²) in [7, 11) is -3.18. The average Bonchev–Trinajstić information content (AvgIpc) is 3.27. The summed E-state index contributed by atoms with van der Waals surface area (Å²) in [4.78, 5) is 27.5. The van der Waals surface area contributed by atoms with Crippen LogP contribution in [-0.4, -0.2) is 53.7 Å². The predicted molar refractivity (Wildman–Crippen MR) is 114 cm³/mol. The van der Waals surface area contributed by atoms with Gasteiger partial charge in [0.05, 0.1) is 29.8 Å². The van der Waals surface area contributed by atoms with Gasteiger partial charge < -0.3 is 9.42 Å². The van der Waals surface area contributed by atoms with Crippen LogP contribution in [-0.2, 0) is 26.0 Å². The molecule has 31 heavy (non-hydrogen) atoms. The van der Waals surface area contributed by atoms with Gasteiger partial charge in [0.2, 0.25) is 5.91 Å². The molecule has 0 saturated carbocycles. The molecule has 1 fully saturated rings. The third-order valence-corrected chi connectivity index (χ3v) is 7.42. The number of hydrogen-bond acceptors (Lipinski definition) is 7. The van der Waals surface area contributed by atoms with Crippen molar-refractivity contribution in [2.45, 2.75) is 45.7 Å². The monoisotopic (exact) mass is 444 g/mol. The molecule has 2 amide bonds. The molecule has 1 unspecified atom stereocenters. The first-order chi connectivity index (χ1) is 14.7. The summed E-state index contributed by atoms with van der Waals surface area (Å²) in [6, 6.07) is 8.67. The molecule has 0 N–H and O–H groups in total. The second-order valence-corrected chi connectivity index (χ2v) is 10.1. The number of aryl methyl sites for hydroxylation is 2. The molecule has 0 spiro atoms. The Kier molecular flexibility index (Phi) is 5.65. The van der Waals surface area contributed by atoms with Crippen molar-refractivity contribution < 1.29 is 22.5 Å². The molecule has 2 aliphatic heterocycles. The number of rotatable bonds is 5. The normalized spacial score (nSPS) is 20.6. The van der Waals surface area contributed by atoms with Crippen molar-refractivity contribution in [1.29, 1.82) is 0 Å². The number of carbonyl (C=O) groups excluding carboxylic acids is 2. The van der Waals surface area contributed by atoms with Crippen LogP contribution in [0, 0.1) is 13.8 Å². The highest BCUT2D eigenvalue weighted by atomic mass is 32.2. The van der Waals surface area contributed by atoms with E-state index in [4.69, 9.17) is 4.52 Å². The molecule has 164 valence electrons. The smallest absolute Gasteiger partial charge is 0.274 e. The van der Waals surface area contributed by atoms with E-state index in [1.54, 1.807) is 11.8 Å². The van der Waals surface area contributed by atoms with E-state index in [0.717, 1.165) is 5.56 Å². The molecule has 0 aliphatic carbocycles. The molecule has 0 radical (unpaired) electrons. The molecular formula is C21H24N4O5S. The Morgan fingerprint density at radius 3 is 2.58 bits per heavy atom. The summed E-state index contributed by atoms with van der Waals surface area (Å²) in [6.07, 6.45) is 0.661. The van der Waals surface area contributed by atoms with Gasteiger partial charge in [-0.15, -0.1) is 0 Å². The zero-order valence-corrected chi connectivity index (χ0v) is 18.3. The van der Waals surface area contributed by atoms with Gasteiger partial charge in [-0.25, -0.2) is 13.4 Å². The number of aromatic nitrogens is 1. The van der Waals surface area contributed by atoms with Gasteiger partial charge in [0.25, 0.3) is 5.91 Å². The lowest BCUT2D eigenvalue weighted by atomic mass is 10.1. The molecule has 1 aromatic carbocycles. The largest absolute Gasteiger partial charge is 0.361 e. The third kappa shape index (κ3) is 4.39. The Morgan fingerprint density at radius 1 is 1.23 bits per heavy atom. The highest BCUT2D eigenvalue weighted by Crippen LogP contribution is 2.25. The summed E-state index contributed by atoms with van der Waals surface area (Å²) >= 11 is 0. The molecule has 10 heteroatoms. The van der Waals surface area contributed by atoms with Crippen molar-refractivity contribution in [3.8, 4) is 0 Å². The number of anilines is 1. The maximum absolute atomic E-state index is 13.5. The van der Waals surface area contributed by atoms with E-state index in [1.807, 2.05) is 37.3 Å². The lowest BCUT2D eigenvalue weighted by Gasteiger charge is -2.30. The van der Waals surface area contributed by atoms with Crippen LogP contribution in [0.5, 0.6) is 0 Å². The molecule has 3 heterocycles. The SMILES string of the molecule is Cc1noc(C)c1CN(C(=O)C1=NN(C2CCS(=O)(=O)C2)C(=O)CC1)c1ccccc1. The van der Waals surface area contributed by atoms with Gasteiger partial charge in [0.15, 0.2) is 9.84 Å². The van der Waals surface area contributed by atoms with Crippen LogP contribution in [0.25, 0.3) is 0 Å². The number of para-hydroxylation sites is 1. The molecule has 0 bridgehead atoms. The first-order valence-corrected chi connectivity index (χ1v) is 12.0. The van der Waals surface area contributed by atoms with Gasteiger partial charge in [0.1, 0.15) is 11.5 Å². The molecule has 4 rings (SSSR count). The van der Waals surface area contributed by atoms with Crippen LogP contribution in [0.1, 0.15) is 36.3 Å². The summed E-state index contributed by atoms with van der Waals surface area (Å²) < 4.78 is 29.0. The van der Waals surface area contributed by atoms with Crippen LogP contribution in [0.3, 0.4) is 0 Å². The zero-order valence-electron chi connectivity index (χ0n) is 17.4. The van der Waals surface area contributed by atoms with Gasteiger partial charge in [-0.3, -0.25) is 9.59 Å². The van der Waals surface area contributed by atoms with Gasteiger partial charge >= 0.3 is 0 Å². The average molecular weight is 445 g/mol. The number of carbonyl (C=O) groups is 2. The number of nitrogens with zero attached hydrogens (tertiary/aromatic N) is 4. The first kappa shape index (κ1) is 21.2. The summed E-state index contributed by atoms with van der Waals surface area (Å²) in [6.45, 7) is 3.86. The van der Waals surface area contributed by atoms with Crippen molar-refractivity contribution in [1.82, 2.24) is 10.2 Å². The maximum atomic E-state index is 13.5. The molecule has 1 aromatic heterocycles. The number of hydrogen-bond donors (Lipinski definition) is 0. The Bertz CT molecular complexity index is 1120. The number of amides is 2. The van der Waals surface area contributed by atoms with E-state index in [1.165, 1.54) is 5.01 Å². The van der Waals surface area contributed by atoms with Gasteiger partial charge in [-0.2, -0.15) is 5.10 Å². The van der Waals surface area contributed by atoms with Crippen LogP contribution in [0.4, 0.5) is 5.69 Å². The van der Waals surface area contributed by atoms with E-state index >= 15 is 0 Å². The quantitative estimate of drug-likeness (QED) is 0.697. The fourth-order valence-corrected chi connectivity index (χ4v) is 5.60. The molecular weight excluding hydrogens is 420 g/mol. The Morgan fingerprint density at radius 2 is 1.97 bits per heavy atom. The number of hydrazone groups is 1. The second-order valence-electron chi connectivity index (χ2n) is 7.87. The summed E-state index contributed by atoms with van der Waals surface area (Å²) in [5.41, 5.74) is 2.43. The molecule has 9 nitrogen and oxygen atoms in total. The summed E-state index contributed by atoms with van der Waals surface area (Å²) in [5, 5.41) is 9.51. The van der Waals surface area contributed by atoms with Crippen LogP contribution in [0.15, 0.2) is 40.0 Å². The molecule has 1 saturated heterocycles. The minimum Gasteiger partial charge on any atom is -0.361 e. The fourth-order valence-electron chi connectivity index (χ4n) is 3.91. The van der Waals surface area contributed by atoms with Crippen molar-refractivity contribution in [3.63, 3.8) is 0 Å². The topological polar surface area (TPSA) is 113 Å². The van der Waals surface area contributed by atoms with Gasteiger partial charge in [0, 0.05) is 24.1 Å². The second kappa shape index (κ2) is 8.26. The van der Waals surface area contributed by atoms with Gasteiger partial charge in [-0.1, -0.05) is 23.4 Å². The van der Waals surface area contributed by atoms with Crippen LogP contribution in [0.2, 0.25) is 0 Å². The Hall–Kier alpha value is -3.01. The highest BCUT2D eigenvalue weighted by Gasteiger charge is 2.38. The predicted octanol–water partition coefficient (Wildman–Crippen LogP) is 1.99. The highest BCUT2D eigenvalue weighted by molar-refractivity contribution is 7.91. The molecule has 2 aliphatic rings. The Balaban J connectivity index is 1.66. The van der Waals surface area contributed by atoms with Crippen molar-refractivity contribution in [2.24, 2.45) is 5.10 Å². The van der Waals surface area contributed by atoms with Crippen LogP contribution < -0.4 is 4.90 Å². The van der Waals surface area contributed by atoms with E-state index in [-0.39, 0.29) is 48.4 Å². The fraction of sp³-hybridized carbons (Fsp3) is 0.429. The van der Waals surface area contributed by atoms with Crippen molar-refractivity contribution in [2.75, 3.05) is 16.4 Å². The van der Waals surface area contributed by atoms with Crippen molar-refractivity contribution in [3.05, 3.63) is 47.3 Å². The lowest BCUT2D eigenvalue weighted by Crippen LogP contribution is -2.45. The van der Waals surface area contributed by atoms with Gasteiger partial charge in [-0.05, 0) is 32.4 Å². The standard InChI is InChI=1S/C21H24N4O5S/c1-14-18(15(2)30-23-14)12-24(16-6-4-3-5-7-16)21(27)19-8-9-20(26)25(22-19)17-10-11-31(28,29)13-17/h3-7,17H,8-13H2,1-2H3. The molecule has 2 aromatic rings. The van der Waals surface area contributed by atoms with E-state index in [2.05, 4.69) is 10.3 Å². The third-order valence-electron chi connectivity index (χ3n) is 5.67. The van der Waals surface area contributed by atoms with E-state index < -0.39 is 15.9 Å². The number of sulfone groups is 1. The minimum absolute atomic E-state index is 0.0302. The summed E-state index contributed by atoms with van der Waals surface area (Å²) in [5.74, 6) is -0.0434. The van der Waals surface area contributed by atoms with E-state index in [9.17, 15) is 18.0 Å². The number of benzene rings is 1. The van der Waals surface area contributed by atoms with Crippen LogP contribution >= 0.6 is 0 Å². The zero-order chi connectivity index (χ0) is 22.2.